The fourth-order valence-corrected chi connectivity index (χ4v) is 1.23. The third-order valence-corrected chi connectivity index (χ3v) is 2.37. The summed E-state index contributed by atoms with van der Waals surface area (Å²) in [7, 11) is 1.30. The quantitative estimate of drug-likeness (QED) is 0.644. The molecule has 1 aromatic rings. The van der Waals surface area contributed by atoms with Gasteiger partial charge in [-0.2, -0.15) is 0 Å². The number of benzene rings is 1. The zero-order chi connectivity index (χ0) is 12.8. The summed E-state index contributed by atoms with van der Waals surface area (Å²) in [6.45, 7) is 3.48. The Labute approximate surface area is 100 Å². The van der Waals surface area contributed by atoms with Crippen LogP contribution < -0.4 is 5.32 Å². The number of esters is 1. The second-order valence-electron chi connectivity index (χ2n) is 3.46. The highest BCUT2D eigenvalue weighted by Gasteiger charge is 2.13. The van der Waals surface area contributed by atoms with E-state index >= 15 is 0 Å². The molecule has 4 nitrogen and oxygen atoms in total. The van der Waals surface area contributed by atoms with Gasteiger partial charge in [-0.05, 0) is 26.0 Å². The molecule has 0 aromatic heterocycles. The van der Waals surface area contributed by atoms with Crippen molar-refractivity contribution in [3.63, 3.8) is 0 Å². The monoisotopic (exact) mass is 233 g/mol. The molecule has 0 radical (unpaired) electrons. The van der Waals surface area contributed by atoms with Gasteiger partial charge in [0.15, 0.2) is 0 Å². The van der Waals surface area contributed by atoms with E-state index in [-0.39, 0.29) is 5.91 Å². The zero-order valence-electron chi connectivity index (χ0n) is 10.1. The third-order valence-electron chi connectivity index (χ3n) is 2.37. The largest absolute Gasteiger partial charge is 0.465 e. The number of rotatable bonds is 3. The molecule has 0 saturated heterocycles. The van der Waals surface area contributed by atoms with Crippen molar-refractivity contribution in [2.24, 2.45) is 0 Å². The smallest absolute Gasteiger partial charge is 0.339 e. The molecule has 4 heteroatoms. The molecule has 0 unspecified atom stereocenters. The Hall–Kier alpha value is -2.10. The Kier molecular flexibility index (Phi) is 4.46. The van der Waals surface area contributed by atoms with Crippen LogP contribution in [0.2, 0.25) is 0 Å². The topological polar surface area (TPSA) is 55.4 Å². The van der Waals surface area contributed by atoms with Gasteiger partial charge in [0, 0.05) is 5.57 Å². The van der Waals surface area contributed by atoms with Crippen LogP contribution in [0.15, 0.2) is 35.9 Å². The van der Waals surface area contributed by atoms with E-state index < -0.39 is 5.97 Å². The number of carbonyl (C=O) groups excluding carboxylic acids is 2. The van der Waals surface area contributed by atoms with E-state index in [1.165, 1.54) is 7.11 Å². The normalized spacial score (nSPS) is 10.9. The summed E-state index contributed by atoms with van der Waals surface area (Å²) < 4.78 is 4.64. The van der Waals surface area contributed by atoms with Crippen molar-refractivity contribution >= 4 is 17.6 Å². The van der Waals surface area contributed by atoms with Crippen molar-refractivity contribution in [2.45, 2.75) is 13.8 Å². The third kappa shape index (κ3) is 3.17. The second kappa shape index (κ2) is 5.84. The molecule has 1 aromatic carbocycles. The average molecular weight is 233 g/mol. The van der Waals surface area contributed by atoms with Gasteiger partial charge in [-0.25, -0.2) is 4.79 Å². The highest BCUT2D eigenvalue weighted by molar-refractivity contribution is 6.07. The van der Waals surface area contributed by atoms with Crippen LogP contribution in [0.1, 0.15) is 24.2 Å². The molecular weight excluding hydrogens is 218 g/mol. The number of allylic oxidation sites excluding steroid dienone is 1. The van der Waals surface area contributed by atoms with Crippen LogP contribution in [0.4, 0.5) is 5.69 Å². The first kappa shape index (κ1) is 13.0. The Morgan fingerprint density at radius 3 is 2.53 bits per heavy atom. The molecule has 0 fully saturated rings. The number of hydrogen-bond donors (Lipinski definition) is 1. The van der Waals surface area contributed by atoms with Crippen LogP contribution in [-0.2, 0) is 9.53 Å². The SMILES string of the molecule is C/C=C(\C)C(=O)Nc1ccccc1C(=O)OC. The number of anilines is 1. The van der Waals surface area contributed by atoms with Crippen LogP contribution in [0.25, 0.3) is 0 Å². The summed E-state index contributed by atoms with van der Waals surface area (Å²) in [6, 6.07) is 6.72. The van der Waals surface area contributed by atoms with Gasteiger partial charge in [0.25, 0.3) is 5.91 Å². The first-order chi connectivity index (χ1) is 8.10. The summed E-state index contributed by atoms with van der Waals surface area (Å²) >= 11 is 0. The van der Waals surface area contributed by atoms with E-state index in [2.05, 4.69) is 10.1 Å². The minimum Gasteiger partial charge on any atom is -0.465 e. The molecule has 0 heterocycles. The molecule has 1 amide bonds. The van der Waals surface area contributed by atoms with Crippen LogP contribution >= 0.6 is 0 Å². The molecular formula is C13H15NO3. The number of hydrogen-bond acceptors (Lipinski definition) is 3. The fraction of sp³-hybridized carbons (Fsp3) is 0.231. The maximum absolute atomic E-state index is 11.7. The maximum atomic E-state index is 11.7. The van der Waals surface area contributed by atoms with Crippen molar-refractivity contribution < 1.29 is 14.3 Å². The molecule has 1 rings (SSSR count). The van der Waals surface area contributed by atoms with E-state index in [1.807, 2.05) is 0 Å². The summed E-state index contributed by atoms with van der Waals surface area (Å²) in [5.41, 5.74) is 1.38. The van der Waals surface area contributed by atoms with Crippen molar-refractivity contribution in [3.05, 3.63) is 41.5 Å². The zero-order valence-corrected chi connectivity index (χ0v) is 10.1. The lowest BCUT2D eigenvalue weighted by molar-refractivity contribution is -0.112. The van der Waals surface area contributed by atoms with Gasteiger partial charge < -0.3 is 10.1 Å². The maximum Gasteiger partial charge on any atom is 0.339 e. The molecule has 0 atom stereocenters. The van der Waals surface area contributed by atoms with Gasteiger partial charge in [-0.15, -0.1) is 0 Å². The van der Waals surface area contributed by atoms with Gasteiger partial charge in [-0.3, -0.25) is 4.79 Å². The van der Waals surface area contributed by atoms with Gasteiger partial charge in [0.2, 0.25) is 0 Å². The highest BCUT2D eigenvalue weighted by Crippen LogP contribution is 2.16. The molecule has 0 aliphatic rings. The lowest BCUT2D eigenvalue weighted by atomic mass is 10.1. The van der Waals surface area contributed by atoms with Crippen LogP contribution in [-0.4, -0.2) is 19.0 Å². The first-order valence-corrected chi connectivity index (χ1v) is 5.21. The van der Waals surface area contributed by atoms with Crippen LogP contribution in [0.5, 0.6) is 0 Å². The van der Waals surface area contributed by atoms with Crippen LogP contribution in [0.3, 0.4) is 0 Å². The second-order valence-corrected chi connectivity index (χ2v) is 3.46. The van der Waals surface area contributed by atoms with Crippen LogP contribution in [0, 0.1) is 0 Å². The van der Waals surface area contributed by atoms with E-state index in [9.17, 15) is 9.59 Å². The minimum atomic E-state index is -0.473. The molecule has 90 valence electrons. The molecule has 1 N–H and O–H groups in total. The van der Waals surface area contributed by atoms with Crippen molar-refractivity contribution in [3.8, 4) is 0 Å². The Morgan fingerprint density at radius 2 is 1.94 bits per heavy atom. The molecule has 0 bridgehead atoms. The van der Waals surface area contributed by atoms with E-state index in [0.717, 1.165) is 0 Å². The number of nitrogens with one attached hydrogen (secondary N) is 1. The Morgan fingerprint density at radius 1 is 1.29 bits per heavy atom. The van der Waals surface area contributed by atoms with Crippen molar-refractivity contribution in [1.29, 1.82) is 0 Å². The lowest BCUT2D eigenvalue weighted by Gasteiger charge is -2.09. The summed E-state index contributed by atoms with van der Waals surface area (Å²) in [5.74, 6) is -0.706. The van der Waals surface area contributed by atoms with Gasteiger partial charge in [0.1, 0.15) is 0 Å². The summed E-state index contributed by atoms with van der Waals surface area (Å²) in [4.78, 5) is 23.1. The number of amides is 1. The van der Waals surface area contributed by atoms with E-state index in [1.54, 1.807) is 44.2 Å². The Bertz CT molecular complexity index is 463. The van der Waals surface area contributed by atoms with E-state index in [0.29, 0.717) is 16.8 Å². The Balaban J connectivity index is 2.99. The average Bonchev–Trinajstić information content (AvgIpc) is 2.37. The summed E-state index contributed by atoms with van der Waals surface area (Å²) in [5, 5.41) is 2.67. The predicted octanol–water partition coefficient (Wildman–Crippen LogP) is 2.38. The highest BCUT2D eigenvalue weighted by atomic mass is 16.5. The van der Waals surface area contributed by atoms with Crippen molar-refractivity contribution in [1.82, 2.24) is 0 Å². The molecule has 0 aliphatic heterocycles. The van der Waals surface area contributed by atoms with Crippen molar-refractivity contribution in [2.75, 3.05) is 12.4 Å². The lowest BCUT2D eigenvalue weighted by Crippen LogP contribution is -2.15. The standard InChI is InChI=1S/C13H15NO3/c1-4-9(2)12(15)14-11-8-6-5-7-10(11)13(16)17-3/h4-8H,1-3H3,(H,14,15)/b9-4+. The molecule has 0 saturated carbocycles. The first-order valence-electron chi connectivity index (χ1n) is 5.21. The number of carbonyl (C=O) groups is 2. The molecule has 0 spiro atoms. The number of para-hydroxylation sites is 1. The van der Waals surface area contributed by atoms with E-state index in [4.69, 9.17) is 0 Å². The minimum absolute atomic E-state index is 0.233. The van der Waals surface area contributed by atoms with Gasteiger partial charge >= 0.3 is 5.97 Å². The number of ether oxygens (including phenoxy) is 1. The molecule has 0 aliphatic carbocycles. The van der Waals surface area contributed by atoms with Gasteiger partial charge in [0.05, 0.1) is 18.4 Å². The fourth-order valence-electron chi connectivity index (χ4n) is 1.23. The van der Waals surface area contributed by atoms with Gasteiger partial charge in [-0.1, -0.05) is 18.2 Å². The predicted molar refractivity (Wildman–Crippen MR) is 65.8 cm³/mol. The molecule has 17 heavy (non-hydrogen) atoms. The summed E-state index contributed by atoms with van der Waals surface area (Å²) in [6.07, 6.45) is 1.70. The number of methoxy groups -OCH3 is 1.